The van der Waals surface area contributed by atoms with Crippen LogP contribution in [0.25, 0.3) is 0 Å². The first-order valence-electron chi connectivity index (χ1n) is 7.89. The maximum absolute atomic E-state index is 12.3. The third-order valence-electron chi connectivity index (χ3n) is 4.11. The third-order valence-corrected chi connectivity index (χ3v) is 4.64. The second-order valence-electron chi connectivity index (χ2n) is 5.72. The molecular weight excluding hydrogens is 386 g/mol. The van der Waals surface area contributed by atoms with Crippen molar-refractivity contribution >= 4 is 33.2 Å². The van der Waals surface area contributed by atoms with Crippen LogP contribution in [-0.4, -0.2) is 21.6 Å². The van der Waals surface area contributed by atoms with Gasteiger partial charge >= 0.3 is 0 Å². The molecule has 1 atom stereocenters. The Labute approximate surface area is 153 Å². The van der Waals surface area contributed by atoms with E-state index >= 15 is 0 Å². The van der Waals surface area contributed by atoms with Gasteiger partial charge in [0.25, 0.3) is 5.69 Å². The van der Waals surface area contributed by atoms with Gasteiger partial charge in [-0.1, -0.05) is 47.1 Å². The first-order chi connectivity index (χ1) is 12.0. The maximum Gasteiger partial charge on any atom is 0.270 e. The number of nitro groups is 1. The van der Waals surface area contributed by atoms with Crippen LogP contribution in [0.15, 0.2) is 58.1 Å². The monoisotopic (exact) mass is 401 g/mol. The lowest BCUT2D eigenvalue weighted by Gasteiger charge is -2.21. The van der Waals surface area contributed by atoms with Gasteiger partial charge in [0, 0.05) is 35.0 Å². The van der Waals surface area contributed by atoms with Crippen LogP contribution >= 0.6 is 15.9 Å². The van der Waals surface area contributed by atoms with E-state index in [1.54, 1.807) is 19.1 Å². The Hall–Kier alpha value is -2.54. The Balaban J connectivity index is 1.96. The smallest absolute Gasteiger partial charge is 0.270 e. The molecule has 128 valence electrons. The zero-order chi connectivity index (χ0) is 18.0. The summed E-state index contributed by atoms with van der Waals surface area (Å²) in [6, 6.07) is 13.9. The highest BCUT2D eigenvalue weighted by molar-refractivity contribution is 9.10. The fourth-order valence-corrected chi connectivity index (χ4v) is 3.08. The molecule has 0 saturated heterocycles. The Bertz CT molecular complexity index is 849. The van der Waals surface area contributed by atoms with Crippen molar-refractivity contribution in [3.63, 3.8) is 0 Å². The molecule has 7 heteroatoms. The van der Waals surface area contributed by atoms with Gasteiger partial charge in [-0.3, -0.25) is 14.9 Å². The van der Waals surface area contributed by atoms with Crippen molar-refractivity contribution < 1.29 is 9.72 Å². The summed E-state index contributed by atoms with van der Waals surface area (Å²) < 4.78 is 0.961. The van der Waals surface area contributed by atoms with Gasteiger partial charge in [-0.05, 0) is 17.7 Å². The number of amides is 1. The Kier molecular flexibility index (Phi) is 4.94. The summed E-state index contributed by atoms with van der Waals surface area (Å²) >= 11 is 3.41. The Morgan fingerprint density at radius 2 is 2.04 bits per heavy atom. The van der Waals surface area contributed by atoms with E-state index < -0.39 is 4.92 Å². The van der Waals surface area contributed by atoms with Gasteiger partial charge in [0.05, 0.1) is 16.7 Å². The molecule has 2 aromatic carbocycles. The van der Waals surface area contributed by atoms with Crippen molar-refractivity contribution in [2.45, 2.75) is 25.8 Å². The lowest BCUT2D eigenvalue weighted by molar-refractivity contribution is -0.384. The number of non-ortho nitro benzene ring substituents is 1. The van der Waals surface area contributed by atoms with Crippen LogP contribution in [0.5, 0.6) is 0 Å². The summed E-state index contributed by atoms with van der Waals surface area (Å²) in [5.74, 6) is -0.0756. The molecule has 0 spiro atoms. The molecule has 1 unspecified atom stereocenters. The number of hydrogen-bond acceptors (Lipinski definition) is 4. The van der Waals surface area contributed by atoms with Gasteiger partial charge < -0.3 is 0 Å². The molecule has 0 bridgehead atoms. The van der Waals surface area contributed by atoms with E-state index in [0.29, 0.717) is 24.1 Å². The second kappa shape index (κ2) is 7.14. The number of rotatable bonds is 4. The van der Waals surface area contributed by atoms with Gasteiger partial charge in [-0.2, -0.15) is 5.10 Å². The molecule has 25 heavy (non-hydrogen) atoms. The van der Waals surface area contributed by atoms with Crippen LogP contribution < -0.4 is 0 Å². The molecule has 0 aromatic heterocycles. The largest absolute Gasteiger partial charge is 0.273 e. The highest BCUT2D eigenvalue weighted by Crippen LogP contribution is 2.34. The zero-order valence-electron chi connectivity index (χ0n) is 13.6. The number of carbonyl (C=O) groups is 1. The van der Waals surface area contributed by atoms with Crippen molar-refractivity contribution in [2.24, 2.45) is 5.10 Å². The summed E-state index contributed by atoms with van der Waals surface area (Å²) in [5, 5.41) is 17.0. The van der Waals surface area contributed by atoms with E-state index in [1.807, 2.05) is 24.3 Å². The molecule has 1 heterocycles. The first-order valence-corrected chi connectivity index (χ1v) is 8.68. The lowest BCUT2D eigenvalue weighted by atomic mass is 9.98. The van der Waals surface area contributed by atoms with Crippen LogP contribution in [0, 0.1) is 10.1 Å². The van der Waals surface area contributed by atoms with E-state index in [0.717, 1.165) is 10.0 Å². The van der Waals surface area contributed by atoms with Gasteiger partial charge in [-0.15, -0.1) is 0 Å². The number of nitro benzene ring substituents is 1. The fourth-order valence-electron chi connectivity index (χ4n) is 2.82. The van der Waals surface area contributed by atoms with E-state index in [9.17, 15) is 14.9 Å². The second-order valence-corrected chi connectivity index (χ2v) is 6.63. The fraction of sp³-hybridized carbons (Fsp3) is 0.222. The number of benzene rings is 2. The molecule has 1 amide bonds. The molecule has 1 aliphatic rings. The minimum Gasteiger partial charge on any atom is -0.273 e. The summed E-state index contributed by atoms with van der Waals surface area (Å²) in [6.07, 6.45) is 0.868. The minimum atomic E-state index is -0.430. The van der Waals surface area contributed by atoms with Crippen molar-refractivity contribution in [3.05, 3.63) is 74.2 Å². The van der Waals surface area contributed by atoms with Crippen LogP contribution in [0.3, 0.4) is 0 Å². The van der Waals surface area contributed by atoms with E-state index in [2.05, 4.69) is 21.0 Å². The predicted molar refractivity (Wildman–Crippen MR) is 98.3 cm³/mol. The molecule has 1 aliphatic heterocycles. The van der Waals surface area contributed by atoms with E-state index in [1.165, 1.54) is 17.1 Å². The van der Waals surface area contributed by atoms with Crippen molar-refractivity contribution in [2.75, 3.05) is 0 Å². The average Bonchev–Trinajstić information content (AvgIpc) is 3.07. The molecule has 0 N–H and O–H groups in total. The lowest BCUT2D eigenvalue weighted by Crippen LogP contribution is -2.26. The van der Waals surface area contributed by atoms with Gasteiger partial charge in [-0.25, -0.2) is 5.01 Å². The summed E-state index contributed by atoms with van der Waals surface area (Å²) in [6.45, 7) is 1.79. The molecule has 0 radical (unpaired) electrons. The highest BCUT2D eigenvalue weighted by atomic mass is 79.9. The molecule has 2 aromatic rings. The molecule has 0 saturated carbocycles. The SMILES string of the molecule is CCC(=O)N1N=C(c2cccc([N+](=O)[O-])c2)CC1c1ccc(Br)cc1. The molecule has 0 aliphatic carbocycles. The number of hydrogen-bond donors (Lipinski definition) is 0. The quantitative estimate of drug-likeness (QED) is 0.560. The van der Waals surface area contributed by atoms with Crippen molar-refractivity contribution in [1.82, 2.24) is 5.01 Å². The summed E-state index contributed by atoms with van der Waals surface area (Å²) in [7, 11) is 0. The van der Waals surface area contributed by atoms with Crippen LogP contribution in [0.2, 0.25) is 0 Å². The molecular formula is C18H16BrN3O3. The highest BCUT2D eigenvalue weighted by Gasteiger charge is 2.32. The minimum absolute atomic E-state index is 0.0145. The normalized spacial score (nSPS) is 16.6. The molecule has 3 rings (SSSR count). The number of halogens is 1. The Morgan fingerprint density at radius 1 is 1.32 bits per heavy atom. The van der Waals surface area contributed by atoms with Gasteiger partial charge in [0.2, 0.25) is 5.91 Å². The van der Waals surface area contributed by atoms with Crippen LogP contribution in [-0.2, 0) is 4.79 Å². The molecule has 6 nitrogen and oxygen atoms in total. The number of hydrazone groups is 1. The van der Waals surface area contributed by atoms with Crippen LogP contribution in [0.1, 0.15) is 36.9 Å². The maximum atomic E-state index is 12.3. The topological polar surface area (TPSA) is 75.8 Å². The number of nitrogens with zero attached hydrogens (tertiary/aromatic N) is 3. The van der Waals surface area contributed by atoms with E-state index in [-0.39, 0.29) is 17.6 Å². The van der Waals surface area contributed by atoms with E-state index in [4.69, 9.17) is 0 Å². The Morgan fingerprint density at radius 3 is 2.68 bits per heavy atom. The predicted octanol–water partition coefficient (Wildman–Crippen LogP) is 4.45. The van der Waals surface area contributed by atoms with Crippen molar-refractivity contribution in [3.8, 4) is 0 Å². The van der Waals surface area contributed by atoms with Gasteiger partial charge in [0.1, 0.15) is 0 Å². The number of carbonyl (C=O) groups excluding carboxylic acids is 1. The standard InChI is InChI=1S/C18H16BrN3O3/c1-2-18(23)21-17(12-6-8-14(19)9-7-12)11-16(20-21)13-4-3-5-15(10-13)22(24)25/h3-10,17H,2,11H2,1H3. The van der Waals surface area contributed by atoms with Crippen molar-refractivity contribution in [1.29, 1.82) is 0 Å². The summed E-state index contributed by atoms with van der Waals surface area (Å²) in [4.78, 5) is 22.9. The third kappa shape index (κ3) is 3.61. The zero-order valence-corrected chi connectivity index (χ0v) is 15.1. The van der Waals surface area contributed by atoms with Gasteiger partial charge in [0.15, 0.2) is 0 Å². The van der Waals surface area contributed by atoms with Crippen LogP contribution in [0.4, 0.5) is 5.69 Å². The summed E-state index contributed by atoms with van der Waals surface area (Å²) in [5.41, 5.74) is 2.34. The average molecular weight is 402 g/mol. The first kappa shape index (κ1) is 17.3. The molecule has 0 fully saturated rings.